The number of likely N-dealkylation sites (N-methyl/N-ethyl adjacent to an activating group) is 1. The summed E-state index contributed by atoms with van der Waals surface area (Å²) in [5, 5.41) is 3.30. The fourth-order valence-corrected chi connectivity index (χ4v) is 2.86. The van der Waals surface area contributed by atoms with Gasteiger partial charge >= 0.3 is 0 Å². The first-order valence-electron chi connectivity index (χ1n) is 6.87. The van der Waals surface area contributed by atoms with Crippen molar-refractivity contribution in [2.45, 2.75) is 31.6 Å². The molecule has 1 saturated carbocycles. The third-order valence-corrected chi connectivity index (χ3v) is 4.05. The highest BCUT2D eigenvalue weighted by molar-refractivity contribution is 5.58. The van der Waals surface area contributed by atoms with Crippen LogP contribution in [0.15, 0.2) is 24.5 Å². The van der Waals surface area contributed by atoms with Gasteiger partial charge in [0.2, 0.25) is 0 Å². The number of nitrogens with one attached hydrogen (secondary N) is 2. The summed E-state index contributed by atoms with van der Waals surface area (Å²) < 4.78 is 0. The van der Waals surface area contributed by atoms with E-state index in [0.717, 1.165) is 29.3 Å². The van der Waals surface area contributed by atoms with Gasteiger partial charge in [-0.25, -0.2) is 9.97 Å². The Morgan fingerprint density at radius 3 is 2.79 bits per heavy atom. The van der Waals surface area contributed by atoms with E-state index < -0.39 is 0 Å². The molecule has 0 unspecified atom stereocenters. The molecule has 2 aromatic heterocycles. The van der Waals surface area contributed by atoms with Crippen LogP contribution in [0.5, 0.6) is 0 Å². The maximum atomic E-state index is 4.82. The van der Waals surface area contributed by atoms with Crippen molar-refractivity contribution in [3.8, 4) is 11.3 Å². The second kappa shape index (κ2) is 4.78. The van der Waals surface area contributed by atoms with E-state index in [-0.39, 0.29) is 5.41 Å². The molecular formula is C15H20N4. The largest absolute Gasteiger partial charge is 0.367 e. The second-order valence-corrected chi connectivity index (χ2v) is 5.48. The lowest BCUT2D eigenvalue weighted by molar-refractivity contribution is 0.224. The predicted octanol–water partition coefficient (Wildman–Crippen LogP) is 2.42. The molecule has 4 nitrogen and oxygen atoms in total. The number of hydrogen-bond donors (Lipinski definition) is 2. The van der Waals surface area contributed by atoms with Crippen LogP contribution in [0.1, 0.15) is 30.8 Å². The Hall–Kier alpha value is -1.68. The Balaban J connectivity index is 2.02. The van der Waals surface area contributed by atoms with Crippen molar-refractivity contribution in [1.29, 1.82) is 0 Å². The highest BCUT2D eigenvalue weighted by Crippen LogP contribution is 2.42. The number of H-pyrrole nitrogens is 1. The van der Waals surface area contributed by atoms with E-state index >= 15 is 0 Å². The molecular weight excluding hydrogens is 236 g/mol. The van der Waals surface area contributed by atoms with Crippen LogP contribution in [0.4, 0.5) is 0 Å². The van der Waals surface area contributed by atoms with Crippen molar-refractivity contribution in [3.05, 3.63) is 36.0 Å². The summed E-state index contributed by atoms with van der Waals surface area (Å²) in [5.74, 6) is 1.00. The molecule has 0 aromatic carbocycles. The van der Waals surface area contributed by atoms with Gasteiger partial charge in [-0.05, 0) is 38.9 Å². The molecule has 4 heteroatoms. The minimum atomic E-state index is 0.145. The predicted molar refractivity (Wildman–Crippen MR) is 76.0 cm³/mol. The summed E-state index contributed by atoms with van der Waals surface area (Å²) in [5.41, 5.74) is 3.34. The molecule has 2 N–H and O–H groups in total. The van der Waals surface area contributed by atoms with E-state index in [1.807, 2.05) is 26.4 Å². The van der Waals surface area contributed by atoms with Gasteiger partial charge in [-0.3, -0.25) is 0 Å². The molecule has 0 amide bonds. The van der Waals surface area contributed by atoms with E-state index in [1.165, 1.54) is 19.3 Å². The van der Waals surface area contributed by atoms with Crippen LogP contribution in [-0.4, -0.2) is 28.5 Å². The van der Waals surface area contributed by atoms with Crippen LogP contribution in [0.25, 0.3) is 11.3 Å². The Labute approximate surface area is 113 Å². The third-order valence-electron chi connectivity index (χ3n) is 4.05. The Morgan fingerprint density at radius 2 is 2.21 bits per heavy atom. The van der Waals surface area contributed by atoms with Crippen LogP contribution in [-0.2, 0) is 5.41 Å². The molecule has 3 rings (SSSR count). The molecule has 19 heavy (non-hydrogen) atoms. The minimum absolute atomic E-state index is 0.145. The van der Waals surface area contributed by atoms with Crippen LogP contribution in [0, 0.1) is 6.92 Å². The number of rotatable bonds is 4. The molecule has 100 valence electrons. The maximum Gasteiger partial charge on any atom is 0.136 e. The van der Waals surface area contributed by atoms with Crippen LogP contribution < -0.4 is 5.32 Å². The van der Waals surface area contributed by atoms with E-state index in [4.69, 9.17) is 9.97 Å². The minimum Gasteiger partial charge on any atom is -0.367 e. The molecule has 0 spiro atoms. The van der Waals surface area contributed by atoms with Gasteiger partial charge < -0.3 is 10.3 Å². The number of aryl methyl sites for hydroxylation is 1. The van der Waals surface area contributed by atoms with Crippen molar-refractivity contribution in [2.24, 2.45) is 0 Å². The Bertz CT molecular complexity index is 556. The summed E-state index contributed by atoms with van der Waals surface area (Å²) in [6.07, 6.45) is 7.56. The monoisotopic (exact) mass is 256 g/mol. The van der Waals surface area contributed by atoms with Gasteiger partial charge in [0.1, 0.15) is 5.82 Å². The van der Waals surface area contributed by atoms with Crippen LogP contribution in [0.2, 0.25) is 0 Å². The number of hydrogen-bond acceptors (Lipinski definition) is 3. The second-order valence-electron chi connectivity index (χ2n) is 5.48. The zero-order chi connectivity index (χ0) is 13.3. The quantitative estimate of drug-likeness (QED) is 0.883. The number of nitrogens with zero attached hydrogens (tertiary/aromatic N) is 2. The van der Waals surface area contributed by atoms with Gasteiger partial charge in [0.25, 0.3) is 0 Å². The molecule has 0 radical (unpaired) electrons. The van der Waals surface area contributed by atoms with Crippen molar-refractivity contribution >= 4 is 0 Å². The van der Waals surface area contributed by atoms with E-state index in [0.29, 0.717) is 0 Å². The molecule has 0 saturated heterocycles. The van der Waals surface area contributed by atoms with Crippen molar-refractivity contribution in [1.82, 2.24) is 20.3 Å². The maximum absolute atomic E-state index is 4.82. The van der Waals surface area contributed by atoms with Gasteiger partial charge in [0.15, 0.2) is 0 Å². The first-order chi connectivity index (χ1) is 9.23. The fraction of sp³-hybridized carbons (Fsp3) is 0.467. The van der Waals surface area contributed by atoms with Crippen LogP contribution >= 0.6 is 0 Å². The van der Waals surface area contributed by atoms with Gasteiger partial charge in [0.05, 0.1) is 5.69 Å². The van der Waals surface area contributed by atoms with E-state index in [9.17, 15) is 0 Å². The average molecular weight is 256 g/mol. The Morgan fingerprint density at radius 1 is 1.37 bits per heavy atom. The first kappa shape index (κ1) is 12.4. The normalized spacial score (nSPS) is 17.2. The fourth-order valence-electron chi connectivity index (χ4n) is 2.86. The summed E-state index contributed by atoms with van der Waals surface area (Å²) in [6, 6.07) is 4.11. The molecule has 1 fully saturated rings. The first-order valence-corrected chi connectivity index (χ1v) is 6.87. The van der Waals surface area contributed by atoms with Gasteiger partial charge in [-0.1, -0.05) is 6.42 Å². The topological polar surface area (TPSA) is 53.6 Å². The molecule has 1 aliphatic rings. The lowest BCUT2D eigenvalue weighted by Crippen LogP contribution is -2.44. The SMILES string of the molecule is CNCC1(c2nc(C)cc(-c3cc[nH]c3)n2)CCC1. The zero-order valence-electron chi connectivity index (χ0n) is 11.5. The standard InChI is InChI=1S/C15H20N4/c1-11-8-13(12-4-7-17-9-12)19-14(18-11)15(10-16-2)5-3-6-15/h4,7-9,16-17H,3,5-6,10H2,1-2H3. The summed E-state index contributed by atoms with van der Waals surface area (Å²) in [4.78, 5) is 12.6. The van der Waals surface area contributed by atoms with Crippen molar-refractivity contribution < 1.29 is 0 Å². The van der Waals surface area contributed by atoms with E-state index in [1.54, 1.807) is 0 Å². The van der Waals surface area contributed by atoms with Crippen molar-refractivity contribution in [3.63, 3.8) is 0 Å². The molecule has 0 bridgehead atoms. The highest BCUT2D eigenvalue weighted by Gasteiger charge is 2.41. The molecule has 0 atom stereocenters. The van der Waals surface area contributed by atoms with Crippen molar-refractivity contribution in [2.75, 3.05) is 13.6 Å². The molecule has 0 aliphatic heterocycles. The summed E-state index contributed by atoms with van der Waals surface area (Å²) in [6.45, 7) is 3.01. The zero-order valence-corrected chi connectivity index (χ0v) is 11.5. The average Bonchev–Trinajstić information content (AvgIpc) is 2.86. The lowest BCUT2D eigenvalue weighted by Gasteiger charge is -2.40. The van der Waals surface area contributed by atoms with E-state index in [2.05, 4.69) is 22.4 Å². The van der Waals surface area contributed by atoms with Gasteiger partial charge in [-0.2, -0.15) is 0 Å². The molecule has 2 aromatic rings. The van der Waals surface area contributed by atoms with Crippen LogP contribution in [0.3, 0.4) is 0 Å². The Kier molecular flexibility index (Phi) is 3.11. The number of aromatic nitrogens is 3. The summed E-state index contributed by atoms with van der Waals surface area (Å²) >= 11 is 0. The highest BCUT2D eigenvalue weighted by atomic mass is 15.0. The molecule has 1 aliphatic carbocycles. The smallest absolute Gasteiger partial charge is 0.136 e. The summed E-state index contributed by atoms with van der Waals surface area (Å²) in [7, 11) is 2.00. The number of aromatic amines is 1. The van der Waals surface area contributed by atoms with Gasteiger partial charge in [-0.15, -0.1) is 0 Å². The lowest BCUT2D eigenvalue weighted by atomic mass is 9.68. The van der Waals surface area contributed by atoms with Gasteiger partial charge in [0, 0.05) is 35.6 Å². The molecule has 2 heterocycles. The third kappa shape index (κ3) is 2.16.